The molecule has 0 saturated carbocycles. The zero-order valence-electron chi connectivity index (χ0n) is 8.52. The molecule has 0 heterocycles. The lowest BCUT2D eigenvalue weighted by Gasteiger charge is -2.09. The van der Waals surface area contributed by atoms with Gasteiger partial charge < -0.3 is 10.2 Å². The minimum absolute atomic E-state index is 0.00296. The number of hydrogen-bond acceptors (Lipinski definition) is 2. The summed E-state index contributed by atoms with van der Waals surface area (Å²) in [5.74, 6) is -2.16. The summed E-state index contributed by atoms with van der Waals surface area (Å²) in [7, 11) is 0. The van der Waals surface area contributed by atoms with Crippen LogP contribution in [0.1, 0.15) is 46.0 Å². The molecule has 0 aliphatic rings. The first-order valence-corrected chi connectivity index (χ1v) is 4.54. The second kappa shape index (κ2) is 4.13. The van der Waals surface area contributed by atoms with E-state index in [0.717, 1.165) is 0 Å². The molecule has 0 unspecified atom stereocenters. The predicted molar refractivity (Wildman–Crippen MR) is 54.4 cm³/mol. The summed E-state index contributed by atoms with van der Waals surface area (Å²) in [5, 5.41) is 17.7. The van der Waals surface area contributed by atoms with Crippen LogP contribution in [0, 0.1) is 0 Å². The first-order chi connectivity index (χ1) is 6.93. The smallest absolute Gasteiger partial charge is 0.335 e. The second-order valence-corrected chi connectivity index (χ2v) is 3.57. The number of rotatable bonds is 3. The summed E-state index contributed by atoms with van der Waals surface area (Å²) in [5.41, 5.74) is 0.703. The molecule has 0 saturated heterocycles. The topological polar surface area (TPSA) is 74.6 Å². The fourth-order valence-corrected chi connectivity index (χ4v) is 1.38. The van der Waals surface area contributed by atoms with Crippen molar-refractivity contribution in [3.8, 4) is 0 Å². The van der Waals surface area contributed by atoms with Crippen LogP contribution in [0.3, 0.4) is 0 Å². The molecule has 0 fully saturated rings. The van der Waals surface area contributed by atoms with Gasteiger partial charge in [0.1, 0.15) is 0 Å². The molecule has 1 aromatic rings. The molecule has 0 spiro atoms. The van der Waals surface area contributed by atoms with Gasteiger partial charge in [-0.05, 0) is 23.6 Å². The number of aromatic carboxylic acids is 2. The maximum absolute atomic E-state index is 10.9. The van der Waals surface area contributed by atoms with Gasteiger partial charge in [0, 0.05) is 0 Å². The normalized spacial score (nSPS) is 10.3. The number of benzene rings is 1. The van der Waals surface area contributed by atoms with Crippen LogP contribution in [0.15, 0.2) is 18.2 Å². The van der Waals surface area contributed by atoms with E-state index in [0.29, 0.717) is 5.56 Å². The van der Waals surface area contributed by atoms with E-state index < -0.39 is 11.9 Å². The number of carbonyl (C=O) groups is 2. The van der Waals surface area contributed by atoms with Gasteiger partial charge in [0.25, 0.3) is 0 Å². The molecule has 0 bridgehead atoms. The monoisotopic (exact) mass is 208 g/mol. The minimum atomic E-state index is -1.12. The zero-order valence-corrected chi connectivity index (χ0v) is 8.52. The summed E-state index contributed by atoms with van der Waals surface area (Å²) in [6.07, 6.45) is 0. The van der Waals surface area contributed by atoms with E-state index in [9.17, 15) is 9.59 Å². The van der Waals surface area contributed by atoms with Crippen molar-refractivity contribution in [3.63, 3.8) is 0 Å². The van der Waals surface area contributed by atoms with Gasteiger partial charge in [0.05, 0.1) is 11.1 Å². The van der Waals surface area contributed by atoms with Gasteiger partial charge >= 0.3 is 11.9 Å². The Morgan fingerprint density at radius 1 is 1.13 bits per heavy atom. The number of carboxylic acids is 2. The van der Waals surface area contributed by atoms with Crippen molar-refractivity contribution in [1.29, 1.82) is 0 Å². The quantitative estimate of drug-likeness (QED) is 0.798. The Balaban J connectivity index is 3.33. The molecule has 4 heteroatoms. The highest BCUT2D eigenvalue weighted by molar-refractivity contribution is 5.95. The third-order valence-corrected chi connectivity index (χ3v) is 2.15. The highest BCUT2D eigenvalue weighted by atomic mass is 16.4. The average Bonchev–Trinajstić information content (AvgIpc) is 2.16. The molecule has 1 aromatic carbocycles. The van der Waals surface area contributed by atoms with Crippen LogP contribution in [-0.2, 0) is 0 Å². The van der Waals surface area contributed by atoms with Crippen LogP contribution in [-0.4, -0.2) is 22.2 Å². The molecular formula is C11H12O4. The number of carboxylic acid groups (broad SMARTS) is 2. The highest BCUT2D eigenvalue weighted by Gasteiger charge is 2.15. The fourth-order valence-electron chi connectivity index (χ4n) is 1.38. The lowest BCUT2D eigenvalue weighted by Crippen LogP contribution is -2.07. The molecule has 0 aliphatic heterocycles. The summed E-state index contributed by atoms with van der Waals surface area (Å²) in [6.45, 7) is 3.73. The maximum atomic E-state index is 10.9. The van der Waals surface area contributed by atoms with E-state index in [1.807, 2.05) is 13.8 Å². The van der Waals surface area contributed by atoms with Gasteiger partial charge in [0.2, 0.25) is 0 Å². The highest BCUT2D eigenvalue weighted by Crippen LogP contribution is 2.20. The standard InChI is InChI=1S/C11H12O4/c1-6(2)8-4-3-7(10(12)13)5-9(8)11(14)15/h3-6H,1-2H3,(H,12,13)(H,14,15). The molecule has 0 atom stereocenters. The lowest BCUT2D eigenvalue weighted by atomic mass is 9.95. The van der Waals surface area contributed by atoms with Crippen molar-refractivity contribution in [2.24, 2.45) is 0 Å². The first kappa shape index (κ1) is 11.2. The Labute approximate surface area is 87.2 Å². The lowest BCUT2D eigenvalue weighted by molar-refractivity contribution is 0.0695. The largest absolute Gasteiger partial charge is 0.478 e. The van der Waals surface area contributed by atoms with Crippen LogP contribution in [0.4, 0.5) is 0 Å². The Kier molecular flexibility index (Phi) is 3.09. The van der Waals surface area contributed by atoms with Gasteiger partial charge in [0.15, 0.2) is 0 Å². The summed E-state index contributed by atoms with van der Waals surface area (Å²) in [4.78, 5) is 21.6. The van der Waals surface area contributed by atoms with Crippen LogP contribution >= 0.6 is 0 Å². The third kappa shape index (κ3) is 2.34. The van der Waals surface area contributed by atoms with Crippen molar-refractivity contribution in [2.45, 2.75) is 19.8 Å². The van der Waals surface area contributed by atoms with Gasteiger partial charge in [-0.1, -0.05) is 19.9 Å². The average molecular weight is 208 g/mol. The Morgan fingerprint density at radius 3 is 2.13 bits per heavy atom. The van der Waals surface area contributed by atoms with Crippen LogP contribution in [0.2, 0.25) is 0 Å². The van der Waals surface area contributed by atoms with E-state index >= 15 is 0 Å². The predicted octanol–water partition coefficient (Wildman–Crippen LogP) is 2.21. The van der Waals surface area contributed by atoms with E-state index in [2.05, 4.69) is 0 Å². The Bertz CT molecular complexity index is 407. The van der Waals surface area contributed by atoms with Crippen molar-refractivity contribution < 1.29 is 19.8 Å². The molecule has 80 valence electrons. The fraction of sp³-hybridized carbons (Fsp3) is 0.273. The molecule has 0 radical (unpaired) electrons. The summed E-state index contributed by atoms with van der Waals surface area (Å²) in [6, 6.07) is 4.17. The van der Waals surface area contributed by atoms with Gasteiger partial charge in [-0.25, -0.2) is 9.59 Å². The van der Waals surface area contributed by atoms with Crippen LogP contribution in [0.5, 0.6) is 0 Å². The second-order valence-electron chi connectivity index (χ2n) is 3.57. The van der Waals surface area contributed by atoms with Gasteiger partial charge in [-0.15, -0.1) is 0 Å². The van der Waals surface area contributed by atoms with Crippen molar-refractivity contribution in [1.82, 2.24) is 0 Å². The third-order valence-electron chi connectivity index (χ3n) is 2.15. The van der Waals surface area contributed by atoms with Crippen molar-refractivity contribution >= 4 is 11.9 Å². The van der Waals surface area contributed by atoms with E-state index in [1.165, 1.54) is 12.1 Å². The number of hydrogen-bond donors (Lipinski definition) is 2. The Hall–Kier alpha value is -1.84. The Morgan fingerprint density at radius 2 is 1.73 bits per heavy atom. The van der Waals surface area contributed by atoms with Gasteiger partial charge in [-0.3, -0.25) is 0 Å². The van der Waals surface area contributed by atoms with Crippen LogP contribution in [0.25, 0.3) is 0 Å². The van der Waals surface area contributed by atoms with Crippen molar-refractivity contribution in [3.05, 3.63) is 34.9 Å². The molecule has 0 amide bonds. The first-order valence-electron chi connectivity index (χ1n) is 4.54. The van der Waals surface area contributed by atoms with Crippen molar-refractivity contribution in [2.75, 3.05) is 0 Å². The summed E-state index contributed by atoms with van der Waals surface area (Å²) < 4.78 is 0. The zero-order chi connectivity index (χ0) is 11.6. The van der Waals surface area contributed by atoms with E-state index in [-0.39, 0.29) is 17.0 Å². The SMILES string of the molecule is CC(C)c1ccc(C(=O)O)cc1C(=O)O. The molecular weight excluding hydrogens is 196 g/mol. The van der Waals surface area contributed by atoms with Crippen LogP contribution < -0.4 is 0 Å². The van der Waals surface area contributed by atoms with E-state index in [4.69, 9.17) is 10.2 Å². The van der Waals surface area contributed by atoms with Gasteiger partial charge in [-0.2, -0.15) is 0 Å². The molecule has 0 aromatic heterocycles. The molecule has 4 nitrogen and oxygen atoms in total. The maximum Gasteiger partial charge on any atom is 0.335 e. The minimum Gasteiger partial charge on any atom is -0.478 e. The summed E-state index contributed by atoms with van der Waals surface area (Å²) >= 11 is 0. The molecule has 1 rings (SSSR count). The molecule has 2 N–H and O–H groups in total. The molecule has 0 aliphatic carbocycles. The van der Waals surface area contributed by atoms with E-state index in [1.54, 1.807) is 6.07 Å². The molecule has 15 heavy (non-hydrogen) atoms.